The summed E-state index contributed by atoms with van der Waals surface area (Å²) in [5.41, 5.74) is 0.508. The number of rotatable bonds is 3. The Morgan fingerprint density at radius 1 is 0.917 bits per heavy atom. The summed E-state index contributed by atoms with van der Waals surface area (Å²) in [6, 6.07) is 19.0. The zero-order valence-electron chi connectivity index (χ0n) is 12.5. The van der Waals surface area contributed by atoms with Crippen LogP contribution in [-0.4, -0.2) is 20.9 Å². The van der Waals surface area contributed by atoms with E-state index in [-0.39, 0.29) is 11.4 Å². The van der Waals surface area contributed by atoms with Crippen molar-refractivity contribution in [2.45, 2.75) is 4.90 Å². The van der Waals surface area contributed by atoms with Gasteiger partial charge < -0.3 is 4.74 Å². The lowest BCUT2D eigenvalue weighted by Gasteiger charge is -2.17. The first kappa shape index (κ1) is 14.7. The van der Waals surface area contributed by atoms with Crippen molar-refractivity contribution in [2.75, 3.05) is 10.8 Å². The van der Waals surface area contributed by atoms with Crippen molar-refractivity contribution < 1.29 is 17.9 Å². The highest BCUT2D eigenvalue weighted by atomic mass is 32.2. The molecule has 0 bridgehead atoms. The molecule has 0 aromatic heterocycles. The largest absolute Gasteiger partial charge is 0.425 e. The van der Waals surface area contributed by atoms with Crippen LogP contribution in [0.15, 0.2) is 71.6 Å². The Balaban J connectivity index is 1.70. The zero-order valence-corrected chi connectivity index (χ0v) is 13.4. The van der Waals surface area contributed by atoms with Gasteiger partial charge in [-0.25, -0.2) is 13.2 Å². The lowest BCUT2D eigenvalue weighted by atomic mass is 10.1. The number of carbonyl (C=O) groups excluding carboxylic acids is 1. The second-order valence-electron chi connectivity index (χ2n) is 5.43. The van der Waals surface area contributed by atoms with Gasteiger partial charge in [-0.1, -0.05) is 42.5 Å². The third kappa shape index (κ3) is 2.23. The van der Waals surface area contributed by atoms with Crippen LogP contribution in [0.5, 0.6) is 5.75 Å². The minimum Gasteiger partial charge on any atom is -0.425 e. The van der Waals surface area contributed by atoms with Gasteiger partial charge in [0.05, 0.1) is 10.6 Å². The number of hydrogen-bond donors (Lipinski definition) is 0. The van der Waals surface area contributed by atoms with Crippen LogP contribution in [-0.2, 0) is 14.8 Å². The normalized spacial score (nSPS) is 14.8. The molecule has 5 nitrogen and oxygen atoms in total. The number of ether oxygens (including phenoxy) is 1. The smallest absolute Gasteiger partial charge is 0.332 e. The molecule has 3 aromatic rings. The first-order valence-corrected chi connectivity index (χ1v) is 8.81. The summed E-state index contributed by atoms with van der Waals surface area (Å²) < 4.78 is 31.9. The number of carbonyl (C=O) groups is 1. The molecule has 120 valence electrons. The summed E-state index contributed by atoms with van der Waals surface area (Å²) >= 11 is 0. The summed E-state index contributed by atoms with van der Waals surface area (Å²) in [6.07, 6.45) is 0. The Labute approximate surface area is 139 Å². The molecule has 0 amide bonds. The van der Waals surface area contributed by atoms with Gasteiger partial charge in [0.2, 0.25) is 0 Å². The van der Waals surface area contributed by atoms with Gasteiger partial charge in [-0.15, -0.1) is 0 Å². The molecule has 0 N–H and O–H groups in total. The maximum absolute atomic E-state index is 12.8. The highest BCUT2D eigenvalue weighted by Crippen LogP contribution is 2.41. The molecular formula is C18H13NO4S. The minimum absolute atomic E-state index is 0.225. The average Bonchev–Trinajstić information content (AvgIpc) is 2.79. The van der Waals surface area contributed by atoms with E-state index in [0.29, 0.717) is 16.8 Å². The molecule has 0 unspecified atom stereocenters. The second-order valence-corrected chi connectivity index (χ2v) is 7.26. The number of nitrogens with zero attached hydrogens (tertiary/aromatic N) is 1. The second kappa shape index (κ2) is 5.35. The molecule has 1 heterocycles. The van der Waals surface area contributed by atoms with E-state index < -0.39 is 16.0 Å². The first-order valence-electron chi connectivity index (χ1n) is 7.37. The van der Waals surface area contributed by atoms with Crippen molar-refractivity contribution in [3.8, 4) is 5.75 Å². The van der Waals surface area contributed by atoms with Crippen molar-refractivity contribution in [3.63, 3.8) is 0 Å². The number of para-hydroxylation sites is 1. The molecule has 1 aliphatic heterocycles. The van der Waals surface area contributed by atoms with E-state index in [2.05, 4.69) is 0 Å². The molecule has 24 heavy (non-hydrogen) atoms. The first-order chi connectivity index (χ1) is 11.6. The fourth-order valence-electron chi connectivity index (χ4n) is 2.90. The van der Waals surface area contributed by atoms with Gasteiger partial charge in [0.1, 0.15) is 12.3 Å². The number of hydrogen-bond acceptors (Lipinski definition) is 4. The lowest BCUT2D eigenvalue weighted by molar-refractivity contribution is -0.132. The van der Waals surface area contributed by atoms with Crippen molar-refractivity contribution in [3.05, 3.63) is 66.7 Å². The highest BCUT2D eigenvalue weighted by Gasteiger charge is 2.36. The van der Waals surface area contributed by atoms with Gasteiger partial charge in [0.15, 0.2) is 0 Å². The predicted molar refractivity (Wildman–Crippen MR) is 90.6 cm³/mol. The van der Waals surface area contributed by atoms with Crippen molar-refractivity contribution in [1.29, 1.82) is 0 Å². The summed E-state index contributed by atoms with van der Waals surface area (Å²) in [5, 5.41) is 1.47. The van der Waals surface area contributed by atoms with Gasteiger partial charge in [-0.2, -0.15) is 0 Å². The molecule has 0 fully saturated rings. The standard InChI is InChI=1S/C18H13NO4S/c20-17(23-14-8-2-1-3-9-14)12-19-15-10-4-6-13-7-5-11-16(18(13)15)24(19,21)22/h1-11H,12H2. The van der Waals surface area contributed by atoms with Crippen LogP contribution in [0.2, 0.25) is 0 Å². The summed E-state index contributed by atoms with van der Waals surface area (Å²) in [4.78, 5) is 12.4. The summed E-state index contributed by atoms with van der Waals surface area (Å²) in [6.45, 7) is -0.370. The molecule has 0 saturated heterocycles. The van der Waals surface area contributed by atoms with Crippen molar-refractivity contribution >= 4 is 32.5 Å². The SMILES string of the molecule is O=C(CN1c2cccc3cccc(c23)S1(=O)=O)Oc1ccccc1. The fourth-order valence-corrected chi connectivity index (χ4v) is 4.55. The van der Waals surface area contributed by atoms with Crippen molar-refractivity contribution in [1.82, 2.24) is 0 Å². The monoisotopic (exact) mass is 339 g/mol. The molecule has 0 saturated carbocycles. The Hall–Kier alpha value is -2.86. The highest BCUT2D eigenvalue weighted by molar-refractivity contribution is 7.93. The van der Waals surface area contributed by atoms with Gasteiger partial charge in [0.25, 0.3) is 10.0 Å². The van der Waals surface area contributed by atoms with E-state index in [1.54, 1.807) is 54.6 Å². The molecule has 0 atom stereocenters. The van der Waals surface area contributed by atoms with E-state index >= 15 is 0 Å². The van der Waals surface area contributed by atoms with Gasteiger partial charge in [0, 0.05) is 5.39 Å². The van der Waals surface area contributed by atoms with Crippen LogP contribution in [0.4, 0.5) is 5.69 Å². The Morgan fingerprint density at radius 3 is 2.38 bits per heavy atom. The number of benzene rings is 3. The van der Waals surface area contributed by atoms with Gasteiger partial charge >= 0.3 is 5.97 Å². The van der Waals surface area contributed by atoms with E-state index in [9.17, 15) is 13.2 Å². The fraction of sp³-hybridized carbons (Fsp3) is 0.0556. The van der Waals surface area contributed by atoms with Crippen LogP contribution in [0.3, 0.4) is 0 Å². The predicted octanol–water partition coefficient (Wildman–Crippen LogP) is 2.95. The van der Waals surface area contributed by atoms with Crippen LogP contribution < -0.4 is 9.04 Å². The zero-order chi connectivity index (χ0) is 16.7. The lowest BCUT2D eigenvalue weighted by Crippen LogP contribution is -2.34. The van der Waals surface area contributed by atoms with E-state index in [0.717, 1.165) is 9.69 Å². The van der Waals surface area contributed by atoms with Gasteiger partial charge in [-0.05, 0) is 29.7 Å². The average molecular weight is 339 g/mol. The molecule has 0 radical (unpaired) electrons. The van der Waals surface area contributed by atoms with E-state index in [4.69, 9.17) is 4.74 Å². The number of sulfonamides is 1. The van der Waals surface area contributed by atoms with Crippen LogP contribution in [0.25, 0.3) is 10.8 Å². The number of esters is 1. The maximum atomic E-state index is 12.8. The maximum Gasteiger partial charge on any atom is 0.332 e. The molecule has 4 rings (SSSR count). The minimum atomic E-state index is -3.75. The third-order valence-corrected chi connectivity index (χ3v) is 5.73. The Morgan fingerprint density at radius 2 is 1.62 bits per heavy atom. The summed E-state index contributed by atoms with van der Waals surface area (Å²) in [7, 11) is -3.75. The third-order valence-electron chi connectivity index (χ3n) is 3.93. The molecule has 6 heteroatoms. The Bertz CT molecular complexity index is 1040. The van der Waals surface area contributed by atoms with Crippen LogP contribution >= 0.6 is 0 Å². The van der Waals surface area contributed by atoms with Crippen LogP contribution in [0, 0.1) is 0 Å². The van der Waals surface area contributed by atoms with E-state index in [1.807, 2.05) is 12.1 Å². The van der Waals surface area contributed by atoms with Gasteiger partial charge in [-0.3, -0.25) is 4.31 Å². The summed E-state index contributed by atoms with van der Waals surface area (Å²) in [5.74, 6) is -0.246. The van der Waals surface area contributed by atoms with Crippen LogP contribution in [0.1, 0.15) is 0 Å². The van der Waals surface area contributed by atoms with E-state index in [1.165, 1.54) is 0 Å². The molecule has 3 aromatic carbocycles. The topological polar surface area (TPSA) is 63.7 Å². The van der Waals surface area contributed by atoms with Crippen molar-refractivity contribution in [2.24, 2.45) is 0 Å². The quantitative estimate of drug-likeness (QED) is 0.544. The number of anilines is 1. The molecular weight excluding hydrogens is 326 g/mol. The Kier molecular flexibility index (Phi) is 3.28. The molecule has 0 aliphatic carbocycles. The molecule has 1 aliphatic rings. The molecule has 0 spiro atoms.